The number of aromatic nitrogens is 3. The van der Waals surface area contributed by atoms with Gasteiger partial charge >= 0.3 is 6.09 Å². The van der Waals surface area contributed by atoms with Crippen molar-refractivity contribution in [3.8, 4) is 0 Å². The second kappa shape index (κ2) is 9.18. The molecule has 1 aliphatic carbocycles. The van der Waals surface area contributed by atoms with E-state index in [0.29, 0.717) is 5.82 Å². The fourth-order valence-corrected chi connectivity index (χ4v) is 4.05. The van der Waals surface area contributed by atoms with E-state index in [4.69, 9.17) is 4.74 Å². The van der Waals surface area contributed by atoms with E-state index in [0.717, 1.165) is 42.1 Å². The van der Waals surface area contributed by atoms with Crippen molar-refractivity contribution in [2.24, 2.45) is 0 Å². The van der Waals surface area contributed by atoms with Gasteiger partial charge in [0.2, 0.25) is 5.91 Å². The molecule has 2 heterocycles. The summed E-state index contributed by atoms with van der Waals surface area (Å²) in [7, 11) is 0. The lowest BCUT2D eigenvalue weighted by Gasteiger charge is -2.16. The molecule has 0 saturated heterocycles. The SMILES string of the molecule is CCC(C)OC(=O)NC1CCC(c2cc(NC(=O)Cc3nc(C)cs3)n[nH]2)C1. The first kappa shape index (κ1) is 20.3. The molecule has 152 valence electrons. The number of carbonyl (C=O) groups excluding carboxylic acids is 2. The van der Waals surface area contributed by atoms with Gasteiger partial charge in [0.1, 0.15) is 11.1 Å². The third kappa shape index (κ3) is 5.54. The van der Waals surface area contributed by atoms with Gasteiger partial charge in [0.15, 0.2) is 5.82 Å². The van der Waals surface area contributed by atoms with Crippen LogP contribution in [0.3, 0.4) is 0 Å². The lowest BCUT2D eigenvalue weighted by atomic mass is 10.0. The molecule has 3 N–H and O–H groups in total. The van der Waals surface area contributed by atoms with E-state index in [1.165, 1.54) is 11.3 Å². The number of nitrogens with one attached hydrogen (secondary N) is 3. The van der Waals surface area contributed by atoms with Gasteiger partial charge in [-0.05, 0) is 39.5 Å². The van der Waals surface area contributed by atoms with Crippen LogP contribution in [0, 0.1) is 6.92 Å². The van der Waals surface area contributed by atoms with E-state index >= 15 is 0 Å². The van der Waals surface area contributed by atoms with E-state index in [9.17, 15) is 9.59 Å². The van der Waals surface area contributed by atoms with Crippen molar-refractivity contribution in [1.82, 2.24) is 20.5 Å². The average Bonchev–Trinajstić information content (AvgIpc) is 3.36. The molecule has 0 radical (unpaired) electrons. The molecule has 2 aromatic rings. The number of ether oxygens (including phenoxy) is 1. The molecule has 0 aromatic carbocycles. The van der Waals surface area contributed by atoms with Crippen LogP contribution >= 0.6 is 11.3 Å². The maximum Gasteiger partial charge on any atom is 0.407 e. The quantitative estimate of drug-likeness (QED) is 0.653. The van der Waals surface area contributed by atoms with E-state index in [-0.39, 0.29) is 36.5 Å². The van der Waals surface area contributed by atoms with Gasteiger partial charge in [-0.2, -0.15) is 5.10 Å². The molecule has 0 spiro atoms. The molecule has 3 unspecified atom stereocenters. The number of aryl methyl sites for hydroxylation is 1. The Morgan fingerprint density at radius 3 is 2.96 bits per heavy atom. The van der Waals surface area contributed by atoms with Crippen LogP contribution in [0.15, 0.2) is 11.4 Å². The number of anilines is 1. The molecule has 2 amide bonds. The normalized spacial score (nSPS) is 20.0. The van der Waals surface area contributed by atoms with Gasteiger partial charge in [-0.25, -0.2) is 9.78 Å². The Morgan fingerprint density at radius 2 is 2.25 bits per heavy atom. The Bertz CT molecular complexity index is 818. The molecule has 28 heavy (non-hydrogen) atoms. The van der Waals surface area contributed by atoms with Gasteiger partial charge in [-0.15, -0.1) is 11.3 Å². The summed E-state index contributed by atoms with van der Waals surface area (Å²) in [6, 6.07) is 1.96. The van der Waals surface area contributed by atoms with Gasteiger partial charge in [0.05, 0.1) is 6.42 Å². The van der Waals surface area contributed by atoms with E-state index < -0.39 is 0 Å². The Hall–Kier alpha value is -2.42. The number of hydrogen-bond donors (Lipinski definition) is 3. The number of amides is 2. The summed E-state index contributed by atoms with van der Waals surface area (Å²) in [5, 5.41) is 15.7. The summed E-state index contributed by atoms with van der Waals surface area (Å²) in [4.78, 5) is 28.3. The molecule has 0 aliphatic heterocycles. The molecule has 8 nitrogen and oxygen atoms in total. The summed E-state index contributed by atoms with van der Waals surface area (Å²) in [5.74, 6) is 0.653. The highest BCUT2D eigenvalue weighted by Crippen LogP contribution is 2.34. The summed E-state index contributed by atoms with van der Waals surface area (Å²) in [6.45, 7) is 5.77. The molecule has 2 aromatic heterocycles. The van der Waals surface area contributed by atoms with Crippen LogP contribution < -0.4 is 10.6 Å². The molecule has 0 bridgehead atoms. The third-order valence-electron chi connectivity index (χ3n) is 4.92. The van der Waals surface area contributed by atoms with E-state index in [2.05, 4.69) is 25.8 Å². The van der Waals surface area contributed by atoms with Crippen LogP contribution in [0.5, 0.6) is 0 Å². The van der Waals surface area contributed by atoms with Crippen molar-refractivity contribution in [1.29, 1.82) is 0 Å². The van der Waals surface area contributed by atoms with Crippen LogP contribution in [0.25, 0.3) is 0 Å². The maximum atomic E-state index is 12.1. The van der Waals surface area contributed by atoms with Crippen molar-refractivity contribution in [2.45, 2.75) is 70.9 Å². The predicted octanol–water partition coefficient (Wildman–Crippen LogP) is 3.52. The summed E-state index contributed by atoms with van der Waals surface area (Å²) < 4.78 is 5.28. The van der Waals surface area contributed by atoms with Crippen LogP contribution in [0.1, 0.15) is 61.8 Å². The number of rotatable bonds is 7. The second-order valence-corrected chi connectivity index (χ2v) is 8.23. The molecule has 9 heteroatoms. The van der Waals surface area contributed by atoms with Crippen molar-refractivity contribution in [3.63, 3.8) is 0 Å². The van der Waals surface area contributed by atoms with Crippen LogP contribution in [-0.4, -0.2) is 39.3 Å². The summed E-state index contributed by atoms with van der Waals surface area (Å²) in [6.07, 6.45) is 3.27. The van der Waals surface area contributed by atoms with Crippen molar-refractivity contribution in [3.05, 3.63) is 27.8 Å². The van der Waals surface area contributed by atoms with Gasteiger partial charge in [0, 0.05) is 34.8 Å². The zero-order valence-electron chi connectivity index (χ0n) is 16.4. The number of aromatic amines is 1. The highest BCUT2D eigenvalue weighted by Gasteiger charge is 2.29. The van der Waals surface area contributed by atoms with Crippen molar-refractivity contribution >= 4 is 29.2 Å². The van der Waals surface area contributed by atoms with Crippen molar-refractivity contribution in [2.75, 3.05) is 5.32 Å². The minimum absolute atomic E-state index is 0.0794. The molecule has 1 saturated carbocycles. The van der Waals surface area contributed by atoms with E-state index in [1.54, 1.807) is 0 Å². The monoisotopic (exact) mass is 405 g/mol. The highest BCUT2D eigenvalue weighted by molar-refractivity contribution is 7.09. The molecule has 3 atom stereocenters. The lowest BCUT2D eigenvalue weighted by molar-refractivity contribution is -0.115. The molecule has 3 rings (SSSR count). The lowest BCUT2D eigenvalue weighted by Crippen LogP contribution is -2.35. The van der Waals surface area contributed by atoms with Crippen LogP contribution in [0.4, 0.5) is 10.6 Å². The molecule has 1 fully saturated rings. The molecular formula is C19H27N5O3S. The maximum absolute atomic E-state index is 12.1. The first-order valence-electron chi connectivity index (χ1n) is 9.66. The first-order chi connectivity index (χ1) is 13.4. The number of carbonyl (C=O) groups is 2. The standard InChI is InChI=1S/C19H27N5O3S/c1-4-12(3)27-19(26)21-14-6-5-13(7-14)15-8-16(24-23-15)22-17(25)9-18-20-11(2)10-28-18/h8,10,12-14H,4-7,9H2,1-3H3,(H,21,26)(H2,22,23,24,25). The van der Waals surface area contributed by atoms with Gasteiger partial charge in [-0.3, -0.25) is 9.89 Å². The Balaban J connectivity index is 1.47. The van der Waals surface area contributed by atoms with Gasteiger partial charge in [0.25, 0.3) is 0 Å². The first-order valence-corrected chi connectivity index (χ1v) is 10.5. The smallest absolute Gasteiger partial charge is 0.407 e. The molecular weight excluding hydrogens is 378 g/mol. The largest absolute Gasteiger partial charge is 0.447 e. The summed E-state index contributed by atoms with van der Waals surface area (Å²) in [5.41, 5.74) is 1.90. The third-order valence-corrected chi connectivity index (χ3v) is 5.89. The molecule has 1 aliphatic rings. The van der Waals surface area contributed by atoms with Crippen LogP contribution in [-0.2, 0) is 16.0 Å². The fraction of sp³-hybridized carbons (Fsp3) is 0.579. The average molecular weight is 406 g/mol. The topological polar surface area (TPSA) is 109 Å². The highest BCUT2D eigenvalue weighted by atomic mass is 32.1. The summed E-state index contributed by atoms with van der Waals surface area (Å²) >= 11 is 1.48. The zero-order valence-corrected chi connectivity index (χ0v) is 17.3. The van der Waals surface area contributed by atoms with Gasteiger partial charge < -0.3 is 15.4 Å². The minimum Gasteiger partial charge on any atom is -0.447 e. The number of H-pyrrole nitrogens is 1. The second-order valence-electron chi connectivity index (χ2n) is 7.29. The fourth-order valence-electron chi connectivity index (χ4n) is 3.28. The predicted molar refractivity (Wildman–Crippen MR) is 108 cm³/mol. The Kier molecular flexibility index (Phi) is 6.66. The number of alkyl carbamates (subject to hydrolysis) is 1. The number of nitrogens with zero attached hydrogens (tertiary/aromatic N) is 2. The number of thiazole rings is 1. The zero-order chi connectivity index (χ0) is 20.1. The minimum atomic E-state index is -0.352. The van der Waals surface area contributed by atoms with E-state index in [1.807, 2.05) is 32.2 Å². The van der Waals surface area contributed by atoms with Crippen LogP contribution in [0.2, 0.25) is 0 Å². The van der Waals surface area contributed by atoms with Gasteiger partial charge in [-0.1, -0.05) is 6.92 Å². The Labute approximate surface area is 168 Å². The Morgan fingerprint density at radius 1 is 1.43 bits per heavy atom. The number of hydrogen-bond acceptors (Lipinski definition) is 6. The van der Waals surface area contributed by atoms with Crippen molar-refractivity contribution < 1.29 is 14.3 Å².